The van der Waals surface area contributed by atoms with Crippen molar-refractivity contribution in [2.24, 2.45) is 0 Å². The van der Waals surface area contributed by atoms with Crippen LogP contribution in [0.3, 0.4) is 0 Å². The fourth-order valence-corrected chi connectivity index (χ4v) is 10.4. The minimum atomic E-state index is -2.10. The van der Waals surface area contributed by atoms with Gasteiger partial charge in [-0.25, -0.2) is 0 Å². The third kappa shape index (κ3) is 4.46. The Labute approximate surface area is 198 Å². The second-order valence-corrected chi connectivity index (χ2v) is 25.9. The van der Waals surface area contributed by atoms with E-state index in [1.807, 2.05) is 11.3 Å². The van der Waals surface area contributed by atoms with Crippen molar-refractivity contribution >= 4 is 59.8 Å². The Hall–Kier alpha value is -1.86. The summed E-state index contributed by atoms with van der Waals surface area (Å²) in [6, 6.07) is 26.6. The second kappa shape index (κ2) is 8.82. The van der Waals surface area contributed by atoms with Crippen LogP contribution >= 0.6 is 11.3 Å². The molecule has 0 amide bonds. The van der Waals surface area contributed by atoms with E-state index < -0.39 is 18.4 Å². The summed E-state index contributed by atoms with van der Waals surface area (Å²) in [7, 11) is 0. The van der Waals surface area contributed by atoms with E-state index in [1.54, 1.807) is 2.89 Å². The molecule has 1 saturated heterocycles. The Bertz CT molecular complexity index is 1240. The standard InChI is InChI=1S/C24H20NO2S.3CH3.Sn/c1-17-3-2-4-21(15-17)25(22-9-10-23-19(16-22)11-14-28-23)20-7-5-18(6-8-20)24-26-12-13-27-24;;;;/h2-11,15-16,24H,12-13H2,1H3;3*1H3;. The van der Waals surface area contributed by atoms with Crippen LogP contribution in [0.5, 0.6) is 0 Å². The zero-order valence-electron chi connectivity index (χ0n) is 19.1. The molecule has 4 aromatic rings. The van der Waals surface area contributed by atoms with Crippen LogP contribution in [-0.4, -0.2) is 31.6 Å². The maximum atomic E-state index is 5.67. The monoisotopic (exact) mass is 551 g/mol. The fraction of sp³-hybridized carbons (Fsp3) is 0.259. The summed E-state index contributed by atoms with van der Waals surface area (Å²) in [5, 5.41) is 1.34. The molecule has 32 heavy (non-hydrogen) atoms. The van der Waals surface area contributed by atoms with Gasteiger partial charge in [-0.15, -0.1) is 0 Å². The molecule has 2 heterocycles. The van der Waals surface area contributed by atoms with Crippen molar-refractivity contribution in [3.05, 3.63) is 83.9 Å². The molecular formula is C27H29NO2SSn. The van der Waals surface area contributed by atoms with Gasteiger partial charge in [0.05, 0.1) is 13.2 Å². The number of hydrogen-bond donors (Lipinski definition) is 0. The molecule has 0 spiro atoms. The number of aryl methyl sites for hydroxylation is 1. The van der Waals surface area contributed by atoms with Gasteiger partial charge in [-0.1, -0.05) is 0 Å². The van der Waals surface area contributed by atoms with Crippen molar-refractivity contribution in [2.45, 2.75) is 28.0 Å². The number of nitrogens with zero attached hydrogens (tertiary/aromatic N) is 1. The molecule has 5 rings (SSSR count). The van der Waals surface area contributed by atoms with E-state index in [4.69, 9.17) is 9.47 Å². The Morgan fingerprint density at radius 3 is 2.19 bits per heavy atom. The van der Waals surface area contributed by atoms with Crippen LogP contribution in [-0.2, 0) is 9.47 Å². The Morgan fingerprint density at radius 2 is 1.50 bits per heavy atom. The van der Waals surface area contributed by atoms with E-state index >= 15 is 0 Å². The van der Waals surface area contributed by atoms with Crippen molar-refractivity contribution in [1.29, 1.82) is 0 Å². The summed E-state index contributed by atoms with van der Waals surface area (Å²) >= 11 is -0.114. The SMILES string of the molecule is Cc1cccc(N(c2ccc(C3OCCO3)cc2)c2ccc3s[c]([Sn]([CH3])([CH3])[CH3])cc3c2)c1. The minimum absolute atomic E-state index is 0.249. The Morgan fingerprint density at radius 1 is 0.812 bits per heavy atom. The number of rotatable bonds is 5. The first kappa shape index (κ1) is 22.0. The fourth-order valence-electron chi connectivity index (χ4n) is 4.09. The van der Waals surface area contributed by atoms with Crippen LogP contribution < -0.4 is 7.79 Å². The zero-order chi connectivity index (χ0) is 22.3. The second-order valence-electron chi connectivity index (χ2n) is 9.42. The van der Waals surface area contributed by atoms with Gasteiger partial charge in [-0.2, -0.15) is 0 Å². The van der Waals surface area contributed by atoms with E-state index in [1.165, 1.54) is 21.3 Å². The number of ether oxygens (including phenoxy) is 2. The van der Waals surface area contributed by atoms with E-state index in [9.17, 15) is 0 Å². The number of anilines is 3. The molecule has 3 nitrogen and oxygen atoms in total. The van der Waals surface area contributed by atoms with Gasteiger partial charge < -0.3 is 0 Å². The number of fused-ring (bicyclic) bond motifs is 1. The first-order valence-corrected chi connectivity index (χ1v) is 21.9. The van der Waals surface area contributed by atoms with Gasteiger partial charge >= 0.3 is 186 Å². The summed E-state index contributed by atoms with van der Waals surface area (Å²) < 4.78 is 14.3. The van der Waals surface area contributed by atoms with Crippen LogP contribution in [0, 0.1) is 6.92 Å². The molecule has 0 aliphatic carbocycles. The molecule has 1 aliphatic rings. The molecule has 0 unspecified atom stereocenters. The quantitative estimate of drug-likeness (QED) is 0.244. The third-order valence-corrected chi connectivity index (χ3v) is 16.3. The van der Waals surface area contributed by atoms with Crippen LogP contribution in [0.2, 0.25) is 14.8 Å². The average Bonchev–Trinajstić information content (AvgIpc) is 3.44. The molecule has 0 radical (unpaired) electrons. The van der Waals surface area contributed by atoms with Crippen LogP contribution in [0.4, 0.5) is 17.1 Å². The molecule has 0 bridgehead atoms. The molecular weight excluding hydrogens is 521 g/mol. The summed E-state index contributed by atoms with van der Waals surface area (Å²) in [6.45, 7) is 3.46. The van der Waals surface area contributed by atoms with Gasteiger partial charge in [0.15, 0.2) is 0 Å². The molecule has 0 saturated carbocycles. The van der Waals surface area contributed by atoms with Gasteiger partial charge in [0.1, 0.15) is 0 Å². The number of hydrogen-bond acceptors (Lipinski definition) is 4. The molecule has 5 heteroatoms. The molecule has 1 aliphatic heterocycles. The van der Waals surface area contributed by atoms with Gasteiger partial charge in [0.2, 0.25) is 0 Å². The summed E-state index contributed by atoms with van der Waals surface area (Å²) in [5.41, 5.74) is 5.78. The van der Waals surface area contributed by atoms with E-state index in [2.05, 4.69) is 99.4 Å². The van der Waals surface area contributed by atoms with Crippen molar-refractivity contribution in [3.63, 3.8) is 0 Å². The van der Waals surface area contributed by atoms with Crippen LogP contribution in [0.1, 0.15) is 17.4 Å². The van der Waals surface area contributed by atoms with Gasteiger partial charge in [-0.05, 0) is 0 Å². The Balaban J connectivity index is 1.58. The summed E-state index contributed by atoms with van der Waals surface area (Å²) in [4.78, 5) is 9.79. The summed E-state index contributed by atoms with van der Waals surface area (Å²) in [6.07, 6.45) is -0.249. The number of benzene rings is 3. The number of thiophene rings is 1. The van der Waals surface area contributed by atoms with Crippen molar-refractivity contribution in [3.8, 4) is 0 Å². The van der Waals surface area contributed by atoms with Crippen molar-refractivity contribution < 1.29 is 9.47 Å². The molecule has 1 aromatic heterocycles. The Kier molecular flexibility index (Phi) is 6.05. The van der Waals surface area contributed by atoms with Gasteiger partial charge in [-0.3, -0.25) is 0 Å². The van der Waals surface area contributed by atoms with Crippen LogP contribution in [0.15, 0.2) is 72.8 Å². The van der Waals surface area contributed by atoms with Gasteiger partial charge in [0, 0.05) is 0 Å². The first-order valence-electron chi connectivity index (χ1n) is 11.1. The van der Waals surface area contributed by atoms with E-state index in [-0.39, 0.29) is 6.29 Å². The molecule has 0 atom stereocenters. The van der Waals surface area contributed by atoms with E-state index in [0.29, 0.717) is 13.2 Å². The molecule has 3 aromatic carbocycles. The molecule has 164 valence electrons. The normalized spacial score (nSPS) is 14.9. The average molecular weight is 550 g/mol. The molecule has 0 N–H and O–H groups in total. The zero-order valence-corrected chi connectivity index (χ0v) is 22.8. The van der Waals surface area contributed by atoms with E-state index in [0.717, 1.165) is 16.9 Å². The summed E-state index contributed by atoms with van der Waals surface area (Å²) in [5.74, 6) is 0. The molecule has 1 fully saturated rings. The predicted molar refractivity (Wildman–Crippen MR) is 139 cm³/mol. The first-order chi connectivity index (χ1) is 15.4. The maximum absolute atomic E-state index is 5.67. The van der Waals surface area contributed by atoms with Crippen LogP contribution in [0.25, 0.3) is 10.1 Å². The van der Waals surface area contributed by atoms with Crippen molar-refractivity contribution in [1.82, 2.24) is 0 Å². The van der Waals surface area contributed by atoms with Crippen molar-refractivity contribution in [2.75, 3.05) is 18.1 Å². The van der Waals surface area contributed by atoms with Gasteiger partial charge in [0.25, 0.3) is 0 Å². The third-order valence-electron chi connectivity index (χ3n) is 5.80. The predicted octanol–water partition coefficient (Wildman–Crippen LogP) is 7.27. The topological polar surface area (TPSA) is 21.7 Å².